The van der Waals surface area contributed by atoms with E-state index in [1.165, 1.54) is 36.2 Å². The molecular formula is C23H28N4O2. The van der Waals surface area contributed by atoms with Gasteiger partial charge in [-0.15, -0.1) is 0 Å². The lowest BCUT2D eigenvalue weighted by atomic mass is 10.1. The quantitative estimate of drug-likeness (QED) is 0.532. The Hall–Kier alpha value is -2.76. The van der Waals surface area contributed by atoms with E-state index in [1.807, 2.05) is 12.3 Å². The Kier molecular flexibility index (Phi) is 5.00. The smallest absolute Gasteiger partial charge is 0.163 e. The molecule has 1 saturated carbocycles. The standard InChI is InChI=1S/C23H28N4O2/c1-28-20-12-17-19(13-21(20)29-11-3-6-22-24-9-10-25-22)27-18-5-2-4-16(18)23(17)26-14-15-7-8-15/h9-10,12-13,15H,2-8,11,14H2,1H3,(H,24,25)(H,26,27). The van der Waals surface area contributed by atoms with Crippen LogP contribution >= 0.6 is 0 Å². The number of anilines is 1. The predicted molar refractivity (Wildman–Crippen MR) is 114 cm³/mol. The molecule has 0 bridgehead atoms. The molecule has 2 aromatic heterocycles. The number of imidazole rings is 1. The van der Waals surface area contributed by atoms with Crippen LogP contribution in [0.4, 0.5) is 5.69 Å². The van der Waals surface area contributed by atoms with Gasteiger partial charge in [0.25, 0.3) is 0 Å². The molecule has 5 rings (SSSR count). The van der Waals surface area contributed by atoms with Crippen LogP contribution in [0.5, 0.6) is 11.5 Å². The van der Waals surface area contributed by atoms with Crippen LogP contribution in [0, 0.1) is 5.92 Å². The van der Waals surface area contributed by atoms with Gasteiger partial charge < -0.3 is 19.8 Å². The van der Waals surface area contributed by atoms with Gasteiger partial charge in [0.2, 0.25) is 0 Å². The van der Waals surface area contributed by atoms with Crippen LogP contribution in [-0.2, 0) is 19.3 Å². The second-order valence-electron chi connectivity index (χ2n) is 8.10. The molecule has 2 N–H and O–H groups in total. The molecule has 0 atom stereocenters. The number of aryl methyl sites for hydroxylation is 2. The lowest BCUT2D eigenvalue weighted by molar-refractivity contribution is 0.289. The second kappa shape index (κ2) is 7.93. The zero-order valence-corrected chi connectivity index (χ0v) is 17.0. The Morgan fingerprint density at radius 1 is 1.21 bits per heavy atom. The van der Waals surface area contributed by atoms with Crippen molar-refractivity contribution in [2.75, 3.05) is 25.6 Å². The highest BCUT2D eigenvalue weighted by Crippen LogP contribution is 2.40. The highest BCUT2D eigenvalue weighted by atomic mass is 16.5. The lowest BCUT2D eigenvalue weighted by Gasteiger charge is -2.17. The molecular weight excluding hydrogens is 364 g/mol. The number of ether oxygens (including phenoxy) is 2. The second-order valence-corrected chi connectivity index (χ2v) is 8.10. The maximum Gasteiger partial charge on any atom is 0.163 e. The highest BCUT2D eigenvalue weighted by molar-refractivity contribution is 5.96. The summed E-state index contributed by atoms with van der Waals surface area (Å²) in [6.45, 7) is 1.67. The van der Waals surface area contributed by atoms with Crippen LogP contribution in [0.2, 0.25) is 0 Å². The van der Waals surface area contributed by atoms with E-state index in [-0.39, 0.29) is 0 Å². The number of nitrogens with one attached hydrogen (secondary N) is 2. The van der Waals surface area contributed by atoms with E-state index in [0.717, 1.165) is 66.4 Å². The zero-order chi connectivity index (χ0) is 19.6. The van der Waals surface area contributed by atoms with Crippen LogP contribution in [0.25, 0.3) is 10.9 Å². The molecule has 29 heavy (non-hydrogen) atoms. The molecule has 0 unspecified atom stereocenters. The maximum atomic E-state index is 6.07. The minimum Gasteiger partial charge on any atom is -0.493 e. The van der Waals surface area contributed by atoms with Gasteiger partial charge in [-0.1, -0.05) is 0 Å². The summed E-state index contributed by atoms with van der Waals surface area (Å²) in [4.78, 5) is 12.4. The molecule has 152 valence electrons. The minimum atomic E-state index is 0.611. The van der Waals surface area contributed by atoms with E-state index in [4.69, 9.17) is 14.5 Å². The van der Waals surface area contributed by atoms with Gasteiger partial charge in [0.1, 0.15) is 5.82 Å². The minimum absolute atomic E-state index is 0.611. The normalized spacial score (nSPS) is 15.5. The predicted octanol–water partition coefficient (Wildman–Crippen LogP) is 4.29. The molecule has 0 spiro atoms. The van der Waals surface area contributed by atoms with Gasteiger partial charge in [-0.05, 0) is 56.1 Å². The SMILES string of the molecule is COc1cc2c(NCC3CC3)c3c(nc2cc1OCCCc1ncc[nH]1)CCC3. The summed E-state index contributed by atoms with van der Waals surface area (Å²) in [7, 11) is 1.70. The monoisotopic (exact) mass is 392 g/mol. The van der Waals surface area contributed by atoms with Gasteiger partial charge in [-0.2, -0.15) is 0 Å². The van der Waals surface area contributed by atoms with Crippen LogP contribution in [-0.4, -0.2) is 35.2 Å². The molecule has 0 saturated heterocycles. The van der Waals surface area contributed by atoms with Gasteiger partial charge >= 0.3 is 0 Å². The molecule has 0 amide bonds. The molecule has 3 aromatic rings. The molecule has 0 radical (unpaired) electrons. The number of hydrogen-bond acceptors (Lipinski definition) is 5. The van der Waals surface area contributed by atoms with Gasteiger partial charge in [0.05, 0.1) is 19.2 Å². The summed E-state index contributed by atoms with van der Waals surface area (Å²) in [5, 5.41) is 4.89. The summed E-state index contributed by atoms with van der Waals surface area (Å²) < 4.78 is 11.7. The first kappa shape index (κ1) is 18.3. The third-order valence-electron chi connectivity index (χ3n) is 5.93. The molecule has 6 heteroatoms. The topological polar surface area (TPSA) is 72.1 Å². The van der Waals surface area contributed by atoms with Crippen molar-refractivity contribution in [3.05, 3.63) is 41.6 Å². The van der Waals surface area contributed by atoms with Crippen molar-refractivity contribution < 1.29 is 9.47 Å². The maximum absolute atomic E-state index is 6.07. The number of pyridine rings is 1. The van der Waals surface area contributed by atoms with Crippen molar-refractivity contribution >= 4 is 16.6 Å². The Morgan fingerprint density at radius 2 is 2.14 bits per heavy atom. The van der Waals surface area contributed by atoms with Gasteiger partial charge in [0.15, 0.2) is 11.5 Å². The van der Waals surface area contributed by atoms with Crippen molar-refractivity contribution in [3.63, 3.8) is 0 Å². The number of benzene rings is 1. The first-order chi connectivity index (χ1) is 14.3. The fourth-order valence-electron chi connectivity index (χ4n) is 4.17. The van der Waals surface area contributed by atoms with Crippen LogP contribution in [0.15, 0.2) is 24.5 Å². The Labute approximate surface area is 171 Å². The van der Waals surface area contributed by atoms with E-state index < -0.39 is 0 Å². The number of H-pyrrole nitrogens is 1. The van der Waals surface area contributed by atoms with Crippen molar-refractivity contribution in [3.8, 4) is 11.5 Å². The number of aromatic nitrogens is 3. The molecule has 0 aliphatic heterocycles. The van der Waals surface area contributed by atoms with Crippen molar-refractivity contribution in [2.24, 2.45) is 5.92 Å². The lowest BCUT2D eigenvalue weighted by Crippen LogP contribution is -2.08. The molecule has 2 aliphatic carbocycles. The van der Waals surface area contributed by atoms with E-state index in [0.29, 0.717) is 6.61 Å². The molecule has 2 aliphatic rings. The van der Waals surface area contributed by atoms with Crippen LogP contribution in [0.1, 0.15) is 42.8 Å². The number of hydrogen-bond donors (Lipinski definition) is 2. The van der Waals surface area contributed by atoms with Gasteiger partial charge in [0, 0.05) is 48.2 Å². The summed E-state index contributed by atoms with van der Waals surface area (Å²) >= 11 is 0. The fourth-order valence-corrected chi connectivity index (χ4v) is 4.17. The number of rotatable bonds is 9. The van der Waals surface area contributed by atoms with Crippen LogP contribution < -0.4 is 14.8 Å². The largest absolute Gasteiger partial charge is 0.493 e. The van der Waals surface area contributed by atoms with E-state index in [1.54, 1.807) is 13.3 Å². The average Bonchev–Trinajstić information content (AvgIpc) is 3.20. The van der Waals surface area contributed by atoms with Crippen molar-refractivity contribution in [1.82, 2.24) is 15.0 Å². The first-order valence-electron chi connectivity index (χ1n) is 10.7. The molecule has 2 heterocycles. The van der Waals surface area contributed by atoms with E-state index in [9.17, 15) is 0 Å². The Balaban J connectivity index is 1.40. The molecule has 6 nitrogen and oxygen atoms in total. The van der Waals surface area contributed by atoms with Crippen LogP contribution in [0.3, 0.4) is 0 Å². The van der Waals surface area contributed by atoms with E-state index in [2.05, 4.69) is 21.4 Å². The van der Waals surface area contributed by atoms with Gasteiger partial charge in [-0.3, -0.25) is 4.98 Å². The molecule has 1 aromatic carbocycles. The third kappa shape index (κ3) is 3.88. The number of methoxy groups -OCH3 is 1. The first-order valence-corrected chi connectivity index (χ1v) is 10.7. The number of aromatic amines is 1. The Morgan fingerprint density at radius 3 is 2.93 bits per heavy atom. The van der Waals surface area contributed by atoms with Crippen molar-refractivity contribution in [1.29, 1.82) is 0 Å². The van der Waals surface area contributed by atoms with Crippen molar-refractivity contribution in [2.45, 2.75) is 44.9 Å². The van der Waals surface area contributed by atoms with E-state index >= 15 is 0 Å². The molecule has 1 fully saturated rings. The summed E-state index contributed by atoms with van der Waals surface area (Å²) in [5.74, 6) is 3.35. The number of nitrogens with zero attached hydrogens (tertiary/aromatic N) is 2. The summed E-state index contributed by atoms with van der Waals surface area (Å²) in [6, 6.07) is 4.14. The third-order valence-corrected chi connectivity index (χ3v) is 5.93. The highest BCUT2D eigenvalue weighted by Gasteiger charge is 2.25. The van der Waals surface area contributed by atoms with Gasteiger partial charge in [-0.25, -0.2) is 4.98 Å². The summed E-state index contributed by atoms with van der Waals surface area (Å²) in [6.07, 6.45) is 11.4. The summed E-state index contributed by atoms with van der Waals surface area (Å²) in [5.41, 5.74) is 4.89. The fraction of sp³-hybridized carbons (Fsp3) is 0.478. The average molecular weight is 393 g/mol. The number of fused-ring (bicyclic) bond motifs is 2. The zero-order valence-electron chi connectivity index (χ0n) is 17.0. The Bertz CT molecular complexity index is 996.